The predicted molar refractivity (Wildman–Crippen MR) is 84.5 cm³/mol. The zero-order valence-electron chi connectivity index (χ0n) is 12.0. The van der Waals surface area contributed by atoms with Crippen molar-refractivity contribution < 1.29 is 4.79 Å². The van der Waals surface area contributed by atoms with Gasteiger partial charge < -0.3 is 5.32 Å². The highest BCUT2D eigenvalue weighted by Crippen LogP contribution is 2.63. The first-order valence-electron chi connectivity index (χ1n) is 6.98. The number of benzene rings is 1. The minimum atomic E-state index is -0.981. The van der Waals surface area contributed by atoms with Crippen LogP contribution in [0.5, 0.6) is 0 Å². The number of nitrogens with zero attached hydrogens (tertiary/aromatic N) is 3. The molecule has 1 aromatic heterocycles. The Kier molecular flexibility index (Phi) is 3.87. The maximum absolute atomic E-state index is 12.5. The van der Waals surface area contributed by atoms with Gasteiger partial charge in [0.2, 0.25) is 5.91 Å². The molecule has 0 saturated heterocycles. The van der Waals surface area contributed by atoms with Gasteiger partial charge in [-0.1, -0.05) is 30.3 Å². The van der Waals surface area contributed by atoms with Crippen LogP contribution in [0.15, 0.2) is 43.0 Å². The maximum Gasteiger partial charge on any atom is 0.229 e. The fraction of sp³-hybridized carbons (Fsp3) is 0.400. The van der Waals surface area contributed by atoms with E-state index in [2.05, 4.69) is 15.4 Å². The number of alkyl halides is 2. The van der Waals surface area contributed by atoms with E-state index in [1.165, 1.54) is 6.33 Å². The highest BCUT2D eigenvalue weighted by atomic mass is 35.5. The lowest BCUT2D eigenvalue weighted by atomic mass is 10.0. The van der Waals surface area contributed by atoms with Crippen LogP contribution in [-0.2, 0) is 11.3 Å². The lowest BCUT2D eigenvalue weighted by Crippen LogP contribution is -2.38. The molecule has 1 heterocycles. The third kappa shape index (κ3) is 2.83. The Morgan fingerprint density at radius 1 is 1.41 bits per heavy atom. The summed E-state index contributed by atoms with van der Waals surface area (Å²) >= 11 is 12.2. The van der Waals surface area contributed by atoms with E-state index in [9.17, 15) is 4.79 Å². The van der Waals surface area contributed by atoms with Crippen LogP contribution < -0.4 is 5.32 Å². The zero-order chi connectivity index (χ0) is 15.8. The molecule has 2 atom stereocenters. The number of hydrogen-bond donors (Lipinski definition) is 1. The van der Waals surface area contributed by atoms with Gasteiger partial charge in [0.15, 0.2) is 0 Å². The van der Waals surface area contributed by atoms with Crippen molar-refractivity contribution in [3.63, 3.8) is 0 Å². The van der Waals surface area contributed by atoms with Crippen LogP contribution >= 0.6 is 23.2 Å². The first-order valence-corrected chi connectivity index (χ1v) is 7.74. The largest absolute Gasteiger partial charge is 0.347 e. The molecule has 1 saturated carbocycles. The number of nitrogens with one attached hydrogen (secondary N) is 1. The SMILES string of the molecule is C[C@@]1(C(=O)N[C@H](Cn2cncn2)c2ccccc2)CC1(Cl)Cl. The van der Waals surface area contributed by atoms with Crippen LogP contribution in [0.3, 0.4) is 0 Å². The van der Waals surface area contributed by atoms with Crippen molar-refractivity contribution in [2.75, 3.05) is 0 Å². The first kappa shape index (κ1) is 15.3. The zero-order valence-corrected chi connectivity index (χ0v) is 13.6. The number of aromatic nitrogens is 3. The van der Waals surface area contributed by atoms with Crippen LogP contribution in [0.4, 0.5) is 0 Å². The van der Waals surface area contributed by atoms with Crippen molar-refractivity contribution in [1.29, 1.82) is 0 Å². The Hall–Kier alpha value is -1.59. The van der Waals surface area contributed by atoms with Crippen LogP contribution in [0.25, 0.3) is 0 Å². The van der Waals surface area contributed by atoms with Gasteiger partial charge in [-0.15, -0.1) is 23.2 Å². The number of amides is 1. The van der Waals surface area contributed by atoms with E-state index in [-0.39, 0.29) is 11.9 Å². The minimum Gasteiger partial charge on any atom is -0.347 e. The van der Waals surface area contributed by atoms with Gasteiger partial charge in [-0.3, -0.25) is 9.48 Å². The summed E-state index contributed by atoms with van der Waals surface area (Å²) in [5.74, 6) is -0.147. The summed E-state index contributed by atoms with van der Waals surface area (Å²) in [6.07, 6.45) is 3.54. The molecular formula is C15H16Cl2N4O. The Balaban J connectivity index is 1.79. The number of carbonyl (C=O) groups excluding carboxylic acids is 1. The van der Waals surface area contributed by atoms with Gasteiger partial charge >= 0.3 is 0 Å². The number of rotatable bonds is 5. The third-order valence-corrected chi connectivity index (χ3v) is 5.20. The molecule has 22 heavy (non-hydrogen) atoms. The minimum absolute atomic E-state index is 0.147. The molecule has 7 heteroatoms. The highest BCUT2D eigenvalue weighted by Gasteiger charge is 2.68. The second kappa shape index (κ2) is 5.56. The van der Waals surface area contributed by atoms with Crippen molar-refractivity contribution in [2.24, 2.45) is 5.41 Å². The number of hydrogen-bond acceptors (Lipinski definition) is 3. The third-order valence-electron chi connectivity index (χ3n) is 4.10. The molecule has 1 amide bonds. The Morgan fingerprint density at radius 3 is 2.64 bits per heavy atom. The van der Waals surface area contributed by atoms with E-state index >= 15 is 0 Å². The summed E-state index contributed by atoms with van der Waals surface area (Å²) in [6, 6.07) is 9.50. The summed E-state index contributed by atoms with van der Waals surface area (Å²) in [5, 5.41) is 7.13. The van der Waals surface area contributed by atoms with E-state index in [0.717, 1.165) is 5.56 Å². The van der Waals surface area contributed by atoms with Crippen LogP contribution in [0, 0.1) is 5.41 Å². The van der Waals surface area contributed by atoms with E-state index in [4.69, 9.17) is 23.2 Å². The fourth-order valence-electron chi connectivity index (χ4n) is 2.40. The molecule has 2 aromatic rings. The molecule has 0 radical (unpaired) electrons. The molecule has 0 spiro atoms. The van der Waals surface area contributed by atoms with Gasteiger partial charge in [0.05, 0.1) is 18.0 Å². The van der Waals surface area contributed by atoms with Gasteiger partial charge in [-0.05, 0) is 18.9 Å². The lowest BCUT2D eigenvalue weighted by molar-refractivity contribution is -0.126. The monoisotopic (exact) mass is 338 g/mol. The molecular weight excluding hydrogens is 323 g/mol. The molecule has 116 valence electrons. The van der Waals surface area contributed by atoms with Gasteiger partial charge in [0.25, 0.3) is 0 Å². The number of halogens is 2. The molecule has 1 N–H and O–H groups in total. The lowest BCUT2D eigenvalue weighted by Gasteiger charge is -2.22. The second-order valence-corrected chi connectivity index (χ2v) is 7.25. The predicted octanol–water partition coefficient (Wildman–Crippen LogP) is 2.72. The first-order chi connectivity index (χ1) is 10.4. The van der Waals surface area contributed by atoms with Crippen molar-refractivity contribution in [2.45, 2.75) is 30.3 Å². The summed E-state index contributed by atoms with van der Waals surface area (Å²) in [7, 11) is 0. The molecule has 1 fully saturated rings. The highest BCUT2D eigenvalue weighted by molar-refractivity contribution is 6.53. The van der Waals surface area contributed by atoms with Crippen molar-refractivity contribution in [1.82, 2.24) is 20.1 Å². The van der Waals surface area contributed by atoms with Crippen molar-refractivity contribution in [3.8, 4) is 0 Å². The van der Waals surface area contributed by atoms with Gasteiger partial charge in [0.1, 0.15) is 17.0 Å². The fourth-order valence-corrected chi connectivity index (χ4v) is 3.10. The van der Waals surface area contributed by atoms with Crippen molar-refractivity contribution in [3.05, 3.63) is 48.5 Å². The van der Waals surface area contributed by atoms with Crippen LogP contribution in [0.1, 0.15) is 24.9 Å². The smallest absolute Gasteiger partial charge is 0.229 e. The Labute approximate surface area is 138 Å². The quantitative estimate of drug-likeness (QED) is 0.852. The molecule has 3 rings (SSSR count). The Bertz CT molecular complexity index is 659. The molecule has 1 aliphatic rings. The van der Waals surface area contributed by atoms with E-state index < -0.39 is 9.75 Å². The van der Waals surface area contributed by atoms with Crippen molar-refractivity contribution >= 4 is 29.1 Å². The standard InChI is InChI=1S/C15H16Cl2N4O/c1-14(8-15(14,16)17)13(22)20-12(7-21-10-18-9-19-21)11-5-3-2-4-6-11/h2-6,9-10,12H,7-8H2,1H3,(H,20,22)/t12-,14+/m1/s1. The summed E-state index contributed by atoms with van der Waals surface area (Å²) in [5.41, 5.74) is 0.247. The van der Waals surface area contributed by atoms with E-state index in [1.807, 2.05) is 30.3 Å². The van der Waals surface area contributed by atoms with Gasteiger partial charge in [-0.25, -0.2) is 4.98 Å². The normalized spacial score (nSPS) is 23.8. The van der Waals surface area contributed by atoms with E-state index in [0.29, 0.717) is 13.0 Å². The average molecular weight is 339 g/mol. The summed E-state index contributed by atoms with van der Waals surface area (Å²) in [4.78, 5) is 16.5. The molecule has 5 nitrogen and oxygen atoms in total. The topological polar surface area (TPSA) is 59.8 Å². The summed E-state index contributed by atoms with van der Waals surface area (Å²) in [6.45, 7) is 2.27. The Morgan fingerprint density at radius 2 is 2.09 bits per heavy atom. The molecule has 0 aliphatic heterocycles. The average Bonchev–Trinajstić information content (AvgIpc) is 2.85. The number of carbonyl (C=O) groups is 1. The molecule has 1 aliphatic carbocycles. The van der Waals surface area contributed by atoms with Gasteiger partial charge in [-0.2, -0.15) is 5.10 Å². The second-order valence-electron chi connectivity index (χ2n) is 5.77. The van der Waals surface area contributed by atoms with Gasteiger partial charge in [0, 0.05) is 0 Å². The maximum atomic E-state index is 12.5. The van der Waals surface area contributed by atoms with Crippen LogP contribution in [-0.4, -0.2) is 25.0 Å². The summed E-state index contributed by atoms with van der Waals surface area (Å²) < 4.78 is 0.702. The van der Waals surface area contributed by atoms with E-state index in [1.54, 1.807) is 17.9 Å². The van der Waals surface area contributed by atoms with Crippen LogP contribution in [0.2, 0.25) is 0 Å². The molecule has 0 bridgehead atoms. The molecule has 0 unspecified atom stereocenters. The molecule has 1 aromatic carbocycles.